The number of carbonyl (C=O) groups is 3. The van der Waals surface area contributed by atoms with Crippen molar-refractivity contribution in [1.29, 1.82) is 0 Å². The lowest BCUT2D eigenvalue weighted by atomic mass is 10.2. The molecule has 2 aliphatic heterocycles. The maximum atomic E-state index is 12.8. The molecular formula is C20H28N4O4. The Labute approximate surface area is 165 Å². The van der Waals surface area contributed by atoms with E-state index in [0.29, 0.717) is 52.2 Å². The Kier molecular flexibility index (Phi) is 6.86. The molecule has 0 aliphatic carbocycles. The van der Waals surface area contributed by atoms with Crippen LogP contribution in [0.5, 0.6) is 0 Å². The summed E-state index contributed by atoms with van der Waals surface area (Å²) in [6, 6.07) is 8.71. The Hall–Kier alpha value is -2.61. The third-order valence-electron chi connectivity index (χ3n) is 5.32. The molecule has 8 heteroatoms. The molecule has 4 amide bonds. The molecule has 0 radical (unpaired) electrons. The largest absolute Gasteiger partial charge is 0.367 e. The minimum Gasteiger partial charge on any atom is -0.367 e. The number of ether oxygens (including phenoxy) is 1. The van der Waals surface area contributed by atoms with E-state index in [1.807, 2.05) is 30.3 Å². The van der Waals surface area contributed by atoms with Crippen LogP contribution in [0, 0.1) is 0 Å². The number of carbonyl (C=O) groups excluding carboxylic acids is 3. The van der Waals surface area contributed by atoms with Gasteiger partial charge >= 0.3 is 6.03 Å². The van der Waals surface area contributed by atoms with Crippen molar-refractivity contribution >= 4 is 17.8 Å². The molecule has 0 spiro atoms. The molecular weight excluding hydrogens is 360 g/mol. The summed E-state index contributed by atoms with van der Waals surface area (Å²) in [4.78, 5) is 41.7. The highest BCUT2D eigenvalue weighted by molar-refractivity contribution is 5.87. The van der Waals surface area contributed by atoms with Crippen LogP contribution in [0.3, 0.4) is 0 Å². The second-order valence-corrected chi connectivity index (χ2v) is 7.23. The molecule has 0 aromatic heterocycles. The molecule has 3 rings (SSSR count). The van der Waals surface area contributed by atoms with E-state index in [9.17, 15) is 14.4 Å². The van der Waals surface area contributed by atoms with Crippen LogP contribution >= 0.6 is 0 Å². The standard InChI is InChI=1S/C20H28N4O4/c21-20(27)24-11-4-8-17(24)19(26)23-10-5-9-22(12-13-23)18(25)15-28-14-16-6-2-1-3-7-16/h1-3,6-7,17H,4-5,8-15H2,(H2,21,27)/t17-/m0/s1. The molecule has 1 aromatic carbocycles. The van der Waals surface area contributed by atoms with Crippen LogP contribution in [0.25, 0.3) is 0 Å². The van der Waals surface area contributed by atoms with Crippen LogP contribution in [0.15, 0.2) is 30.3 Å². The Morgan fingerprint density at radius 1 is 0.964 bits per heavy atom. The van der Waals surface area contributed by atoms with E-state index in [1.54, 1.807) is 9.80 Å². The monoisotopic (exact) mass is 388 g/mol. The van der Waals surface area contributed by atoms with Crippen molar-refractivity contribution in [3.8, 4) is 0 Å². The van der Waals surface area contributed by atoms with Gasteiger partial charge in [-0.2, -0.15) is 0 Å². The topological polar surface area (TPSA) is 96.2 Å². The maximum Gasteiger partial charge on any atom is 0.315 e. The molecule has 1 aromatic rings. The predicted octanol–water partition coefficient (Wildman–Crippen LogP) is 0.807. The first kappa shape index (κ1) is 20.1. The minimum absolute atomic E-state index is 0.0287. The Balaban J connectivity index is 1.46. The van der Waals surface area contributed by atoms with Gasteiger partial charge in [0.2, 0.25) is 11.8 Å². The lowest BCUT2D eigenvalue weighted by Crippen LogP contribution is -2.50. The molecule has 0 saturated carbocycles. The molecule has 2 N–H and O–H groups in total. The quantitative estimate of drug-likeness (QED) is 0.807. The summed E-state index contributed by atoms with van der Waals surface area (Å²) >= 11 is 0. The highest BCUT2D eigenvalue weighted by Crippen LogP contribution is 2.20. The van der Waals surface area contributed by atoms with Crippen LogP contribution in [0.2, 0.25) is 0 Å². The molecule has 0 bridgehead atoms. The van der Waals surface area contributed by atoms with E-state index < -0.39 is 12.1 Å². The van der Waals surface area contributed by atoms with Crippen LogP contribution in [0.4, 0.5) is 4.79 Å². The van der Waals surface area contributed by atoms with Gasteiger partial charge in [-0.3, -0.25) is 9.59 Å². The molecule has 2 aliphatic rings. The lowest BCUT2D eigenvalue weighted by Gasteiger charge is -2.28. The van der Waals surface area contributed by atoms with Crippen molar-refractivity contribution in [1.82, 2.24) is 14.7 Å². The molecule has 2 saturated heterocycles. The van der Waals surface area contributed by atoms with Crippen molar-refractivity contribution in [2.75, 3.05) is 39.3 Å². The Morgan fingerprint density at radius 2 is 1.68 bits per heavy atom. The Bertz CT molecular complexity index is 697. The fraction of sp³-hybridized carbons (Fsp3) is 0.550. The van der Waals surface area contributed by atoms with Crippen LogP contribution in [-0.4, -0.2) is 77.9 Å². The van der Waals surface area contributed by atoms with Crippen molar-refractivity contribution < 1.29 is 19.1 Å². The number of hydrogen-bond donors (Lipinski definition) is 1. The number of nitrogens with zero attached hydrogens (tertiary/aromatic N) is 3. The van der Waals surface area contributed by atoms with Crippen LogP contribution < -0.4 is 5.73 Å². The summed E-state index contributed by atoms with van der Waals surface area (Å²) in [5.74, 6) is -0.129. The predicted molar refractivity (Wildman–Crippen MR) is 103 cm³/mol. The van der Waals surface area contributed by atoms with Gasteiger partial charge < -0.3 is 25.2 Å². The van der Waals surface area contributed by atoms with Crippen molar-refractivity contribution in [3.05, 3.63) is 35.9 Å². The summed E-state index contributed by atoms with van der Waals surface area (Å²) in [7, 11) is 0. The first-order chi connectivity index (χ1) is 13.6. The summed E-state index contributed by atoms with van der Waals surface area (Å²) < 4.78 is 5.54. The number of primary amides is 1. The molecule has 8 nitrogen and oxygen atoms in total. The van der Waals surface area contributed by atoms with E-state index in [0.717, 1.165) is 12.0 Å². The average Bonchev–Trinajstić information content (AvgIpc) is 3.06. The summed E-state index contributed by atoms with van der Waals surface area (Å²) in [6.45, 7) is 3.08. The second kappa shape index (κ2) is 9.54. The normalized spacial score (nSPS) is 20.1. The van der Waals surface area contributed by atoms with Crippen LogP contribution in [-0.2, 0) is 20.9 Å². The summed E-state index contributed by atoms with van der Waals surface area (Å²) in [6.07, 6.45) is 2.14. The van der Waals surface area contributed by atoms with Crippen LogP contribution in [0.1, 0.15) is 24.8 Å². The number of amides is 4. The van der Waals surface area contributed by atoms with Crippen molar-refractivity contribution in [3.63, 3.8) is 0 Å². The van der Waals surface area contributed by atoms with E-state index >= 15 is 0 Å². The first-order valence-corrected chi connectivity index (χ1v) is 9.80. The highest BCUT2D eigenvalue weighted by Gasteiger charge is 2.36. The first-order valence-electron chi connectivity index (χ1n) is 9.80. The van der Waals surface area contributed by atoms with Gasteiger partial charge in [0, 0.05) is 32.7 Å². The van der Waals surface area contributed by atoms with E-state index in [-0.39, 0.29) is 18.4 Å². The highest BCUT2D eigenvalue weighted by atomic mass is 16.5. The molecule has 2 fully saturated rings. The fourth-order valence-electron chi connectivity index (χ4n) is 3.81. The zero-order chi connectivity index (χ0) is 19.9. The molecule has 152 valence electrons. The van der Waals surface area contributed by atoms with Gasteiger partial charge in [0.15, 0.2) is 0 Å². The molecule has 1 atom stereocenters. The Morgan fingerprint density at radius 3 is 2.43 bits per heavy atom. The van der Waals surface area contributed by atoms with Crippen molar-refractivity contribution in [2.24, 2.45) is 5.73 Å². The zero-order valence-electron chi connectivity index (χ0n) is 16.1. The zero-order valence-corrected chi connectivity index (χ0v) is 16.1. The lowest BCUT2D eigenvalue weighted by molar-refractivity contribution is -0.138. The van der Waals surface area contributed by atoms with Crippen molar-refractivity contribution in [2.45, 2.75) is 31.9 Å². The molecule has 0 unspecified atom stereocenters. The van der Waals surface area contributed by atoms with E-state index in [1.165, 1.54) is 4.90 Å². The number of benzene rings is 1. The van der Waals surface area contributed by atoms with E-state index in [2.05, 4.69) is 0 Å². The van der Waals surface area contributed by atoms with Gasteiger partial charge in [0.25, 0.3) is 0 Å². The van der Waals surface area contributed by atoms with E-state index in [4.69, 9.17) is 10.5 Å². The summed E-state index contributed by atoms with van der Waals surface area (Å²) in [5.41, 5.74) is 6.41. The number of rotatable bonds is 5. The third kappa shape index (κ3) is 5.01. The number of likely N-dealkylation sites (tertiary alicyclic amines) is 1. The van der Waals surface area contributed by atoms with Gasteiger partial charge in [-0.25, -0.2) is 4.79 Å². The third-order valence-corrected chi connectivity index (χ3v) is 5.32. The maximum absolute atomic E-state index is 12.8. The number of hydrogen-bond acceptors (Lipinski definition) is 4. The van der Waals surface area contributed by atoms with Gasteiger partial charge in [-0.1, -0.05) is 30.3 Å². The average molecular weight is 388 g/mol. The number of nitrogens with two attached hydrogens (primary N) is 1. The summed E-state index contributed by atoms with van der Waals surface area (Å²) in [5, 5.41) is 0. The fourth-order valence-corrected chi connectivity index (χ4v) is 3.81. The smallest absolute Gasteiger partial charge is 0.315 e. The van der Waals surface area contributed by atoms with Gasteiger partial charge in [0.1, 0.15) is 12.6 Å². The van der Waals surface area contributed by atoms with Gasteiger partial charge in [0.05, 0.1) is 6.61 Å². The second-order valence-electron chi connectivity index (χ2n) is 7.23. The van der Waals surface area contributed by atoms with Gasteiger partial charge in [-0.05, 0) is 24.8 Å². The minimum atomic E-state index is -0.543. The SMILES string of the molecule is NC(=O)N1CCC[C@H]1C(=O)N1CCCN(C(=O)COCc2ccccc2)CC1. The number of urea groups is 1. The molecule has 28 heavy (non-hydrogen) atoms. The molecule has 2 heterocycles. The van der Waals surface area contributed by atoms with Gasteiger partial charge in [-0.15, -0.1) is 0 Å².